The number of hydrogen-bond acceptors (Lipinski definition) is 2. The molecule has 1 aromatic heterocycles. The molecule has 2 aromatic rings. The SMILES string of the molecule is Cc1c(CCCN)c2cc3c(cc2n1C)CN(C(C)C)C3. The van der Waals surface area contributed by atoms with Gasteiger partial charge in [-0.25, -0.2) is 0 Å². The molecule has 0 atom stereocenters. The Balaban J connectivity index is 2.07. The number of benzene rings is 1. The second-order valence-corrected chi connectivity index (χ2v) is 6.65. The van der Waals surface area contributed by atoms with Crippen LogP contribution < -0.4 is 5.73 Å². The first-order valence-corrected chi connectivity index (χ1v) is 8.06. The lowest BCUT2D eigenvalue weighted by Gasteiger charge is -2.18. The summed E-state index contributed by atoms with van der Waals surface area (Å²) < 4.78 is 2.35. The summed E-state index contributed by atoms with van der Waals surface area (Å²) >= 11 is 0. The Morgan fingerprint density at radius 3 is 2.48 bits per heavy atom. The van der Waals surface area contributed by atoms with Crippen LogP contribution in [0.15, 0.2) is 12.1 Å². The van der Waals surface area contributed by atoms with Gasteiger partial charge in [0.15, 0.2) is 0 Å². The Kier molecular flexibility index (Phi) is 3.80. The predicted molar refractivity (Wildman–Crippen MR) is 89.4 cm³/mol. The molecule has 114 valence electrons. The smallest absolute Gasteiger partial charge is 0.0486 e. The second kappa shape index (κ2) is 5.47. The maximum Gasteiger partial charge on any atom is 0.0486 e. The summed E-state index contributed by atoms with van der Waals surface area (Å²) in [6.45, 7) is 9.74. The second-order valence-electron chi connectivity index (χ2n) is 6.65. The van der Waals surface area contributed by atoms with E-state index in [0.29, 0.717) is 6.04 Å². The summed E-state index contributed by atoms with van der Waals surface area (Å²) in [5.74, 6) is 0. The molecule has 1 aliphatic heterocycles. The summed E-state index contributed by atoms with van der Waals surface area (Å²) in [4.78, 5) is 2.54. The van der Waals surface area contributed by atoms with Gasteiger partial charge in [0.05, 0.1) is 0 Å². The maximum absolute atomic E-state index is 5.71. The molecule has 3 heteroatoms. The van der Waals surface area contributed by atoms with Crippen molar-refractivity contribution in [3.8, 4) is 0 Å². The zero-order valence-corrected chi connectivity index (χ0v) is 13.7. The fraction of sp³-hybridized carbons (Fsp3) is 0.556. The summed E-state index contributed by atoms with van der Waals surface area (Å²) in [7, 11) is 2.19. The first kappa shape index (κ1) is 14.6. The number of fused-ring (bicyclic) bond motifs is 2. The molecule has 0 bridgehead atoms. The molecule has 3 rings (SSSR count). The molecule has 1 aliphatic rings. The number of nitrogens with two attached hydrogens (primary N) is 1. The van der Waals surface area contributed by atoms with Crippen LogP contribution in [0.25, 0.3) is 10.9 Å². The summed E-state index contributed by atoms with van der Waals surface area (Å²) in [5.41, 5.74) is 13.0. The number of hydrogen-bond donors (Lipinski definition) is 1. The average molecular weight is 285 g/mol. The van der Waals surface area contributed by atoms with Gasteiger partial charge in [-0.05, 0) is 69.0 Å². The minimum Gasteiger partial charge on any atom is -0.348 e. The molecule has 21 heavy (non-hydrogen) atoms. The van der Waals surface area contributed by atoms with Gasteiger partial charge in [0.25, 0.3) is 0 Å². The molecule has 0 radical (unpaired) electrons. The summed E-state index contributed by atoms with van der Waals surface area (Å²) in [6, 6.07) is 5.46. The molecule has 0 unspecified atom stereocenters. The van der Waals surface area contributed by atoms with Gasteiger partial charge in [-0.2, -0.15) is 0 Å². The molecule has 0 fully saturated rings. The van der Waals surface area contributed by atoms with Crippen LogP contribution >= 0.6 is 0 Å². The normalized spacial score (nSPS) is 15.3. The van der Waals surface area contributed by atoms with Crippen molar-refractivity contribution in [3.05, 3.63) is 34.5 Å². The van der Waals surface area contributed by atoms with Crippen molar-refractivity contribution >= 4 is 10.9 Å². The zero-order valence-electron chi connectivity index (χ0n) is 13.7. The van der Waals surface area contributed by atoms with Crippen LogP contribution in [-0.2, 0) is 26.6 Å². The molecule has 2 heterocycles. The minimum atomic E-state index is 0.610. The molecule has 0 amide bonds. The molecule has 0 saturated heterocycles. The van der Waals surface area contributed by atoms with E-state index in [9.17, 15) is 0 Å². The van der Waals surface area contributed by atoms with Crippen LogP contribution in [0, 0.1) is 6.92 Å². The van der Waals surface area contributed by atoms with Crippen molar-refractivity contribution in [2.24, 2.45) is 12.8 Å². The standard InChI is InChI=1S/C18H27N3/c1-12(2)21-10-14-8-17-16(6-5-7-19)13(3)20(4)18(17)9-15(14)11-21/h8-9,12H,5-7,10-11,19H2,1-4H3. The number of nitrogens with zero attached hydrogens (tertiary/aromatic N) is 2. The minimum absolute atomic E-state index is 0.610. The van der Waals surface area contributed by atoms with Crippen molar-refractivity contribution in [2.75, 3.05) is 6.54 Å². The van der Waals surface area contributed by atoms with Crippen LogP contribution in [0.5, 0.6) is 0 Å². The van der Waals surface area contributed by atoms with Crippen molar-refractivity contribution < 1.29 is 0 Å². The summed E-state index contributed by atoms with van der Waals surface area (Å²) in [6.07, 6.45) is 2.15. The number of aromatic nitrogens is 1. The van der Waals surface area contributed by atoms with Crippen molar-refractivity contribution in [1.29, 1.82) is 0 Å². The topological polar surface area (TPSA) is 34.2 Å². The monoisotopic (exact) mass is 285 g/mol. The fourth-order valence-electron chi connectivity index (χ4n) is 3.52. The maximum atomic E-state index is 5.71. The van der Waals surface area contributed by atoms with Crippen molar-refractivity contribution in [1.82, 2.24) is 9.47 Å². The quantitative estimate of drug-likeness (QED) is 0.936. The van der Waals surface area contributed by atoms with E-state index >= 15 is 0 Å². The van der Waals surface area contributed by atoms with Gasteiger partial charge in [-0.1, -0.05) is 0 Å². The number of aryl methyl sites for hydroxylation is 2. The highest BCUT2D eigenvalue weighted by atomic mass is 15.2. The van der Waals surface area contributed by atoms with E-state index in [2.05, 4.69) is 49.4 Å². The molecule has 0 saturated carbocycles. The highest BCUT2D eigenvalue weighted by molar-refractivity contribution is 5.87. The van der Waals surface area contributed by atoms with Gasteiger partial charge in [-0.3, -0.25) is 4.90 Å². The Labute approximate surface area is 127 Å². The lowest BCUT2D eigenvalue weighted by Crippen LogP contribution is -2.24. The highest BCUT2D eigenvalue weighted by Gasteiger charge is 2.23. The molecule has 1 aromatic carbocycles. The summed E-state index contributed by atoms with van der Waals surface area (Å²) in [5, 5.41) is 1.44. The van der Waals surface area contributed by atoms with Gasteiger partial charge < -0.3 is 10.3 Å². The van der Waals surface area contributed by atoms with Gasteiger partial charge in [-0.15, -0.1) is 0 Å². The van der Waals surface area contributed by atoms with E-state index in [1.165, 1.54) is 33.3 Å². The predicted octanol–water partition coefficient (Wildman–Crippen LogP) is 3.10. The zero-order chi connectivity index (χ0) is 15.1. The van der Waals surface area contributed by atoms with Crippen LogP contribution in [-0.4, -0.2) is 22.1 Å². The molecular weight excluding hydrogens is 258 g/mol. The fourth-order valence-corrected chi connectivity index (χ4v) is 3.52. The Hall–Kier alpha value is -1.32. The molecule has 0 spiro atoms. The molecule has 0 aliphatic carbocycles. The Bertz CT molecular complexity index is 667. The molecular formula is C18H27N3. The van der Waals surface area contributed by atoms with Crippen LogP contribution in [0.4, 0.5) is 0 Å². The van der Waals surface area contributed by atoms with Crippen LogP contribution in [0.2, 0.25) is 0 Å². The number of rotatable bonds is 4. The first-order chi connectivity index (χ1) is 10.0. The first-order valence-electron chi connectivity index (χ1n) is 8.06. The third-order valence-electron chi connectivity index (χ3n) is 5.05. The van der Waals surface area contributed by atoms with E-state index < -0.39 is 0 Å². The van der Waals surface area contributed by atoms with Gasteiger partial charge in [0, 0.05) is 42.8 Å². The van der Waals surface area contributed by atoms with Gasteiger partial charge >= 0.3 is 0 Å². The molecule has 3 nitrogen and oxygen atoms in total. The lowest BCUT2D eigenvalue weighted by molar-refractivity contribution is 0.227. The van der Waals surface area contributed by atoms with Gasteiger partial charge in [0.1, 0.15) is 0 Å². The van der Waals surface area contributed by atoms with E-state index in [-0.39, 0.29) is 0 Å². The van der Waals surface area contributed by atoms with E-state index in [0.717, 1.165) is 32.5 Å². The van der Waals surface area contributed by atoms with E-state index in [1.54, 1.807) is 0 Å². The average Bonchev–Trinajstić information content (AvgIpc) is 2.97. The van der Waals surface area contributed by atoms with E-state index in [1.807, 2.05) is 0 Å². The van der Waals surface area contributed by atoms with Gasteiger partial charge in [0.2, 0.25) is 0 Å². The van der Waals surface area contributed by atoms with Crippen molar-refractivity contribution in [2.45, 2.75) is 52.7 Å². The van der Waals surface area contributed by atoms with Crippen LogP contribution in [0.3, 0.4) is 0 Å². The van der Waals surface area contributed by atoms with E-state index in [4.69, 9.17) is 5.73 Å². The van der Waals surface area contributed by atoms with Crippen LogP contribution in [0.1, 0.15) is 42.7 Å². The Morgan fingerprint density at radius 2 is 1.86 bits per heavy atom. The molecule has 2 N–H and O–H groups in total. The highest BCUT2D eigenvalue weighted by Crippen LogP contribution is 2.33. The third kappa shape index (κ3) is 2.39. The lowest BCUT2D eigenvalue weighted by atomic mass is 10.0. The van der Waals surface area contributed by atoms with Crippen molar-refractivity contribution in [3.63, 3.8) is 0 Å². The Morgan fingerprint density at radius 1 is 1.19 bits per heavy atom. The largest absolute Gasteiger partial charge is 0.348 e. The third-order valence-corrected chi connectivity index (χ3v) is 5.05.